The van der Waals surface area contributed by atoms with Crippen LogP contribution in [-0.2, 0) is 0 Å². The molecule has 0 unspecified atom stereocenters. The predicted molar refractivity (Wildman–Crippen MR) is 82.5 cm³/mol. The van der Waals surface area contributed by atoms with Crippen LogP contribution in [0.2, 0.25) is 0 Å². The van der Waals surface area contributed by atoms with Gasteiger partial charge in [-0.1, -0.05) is 52.3 Å². The van der Waals surface area contributed by atoms with E-state index in [1.165, 1.54) is 0 Å². The summed E-state index contributed by atoms with van der Waals surface area (Å²) in [5.41, 5.74) is 2.33. The fourth-order valence-electron chi connectivity index (χ4n) is 2.18. The van der Waals surface area contributed by atoms with E-state index in [9.17, 15) is 4.91 Å². The van der Waals surface area contributed by atoms with Crippen molar-refractivity contribution in [2.75, 3.05) is 0 Å². The Hall–Kier alpha value is -2.00. The summed E-state index contributed by atoms with van der Waals surface area (Å²) in [4.78, 5) is 11.1. The standard InChI is InChI=1S/C16H10BrNO/c17-14-7-6-12-10-16(18-19)15(9-13(12)8-14)11-4-2-1-3-5-11/h1-10H. The highest BCUT2D eigenvalue weighted by atomic mass is 79.9. The summed E-state index contributed by atoms with van der Waals surface area (Å²) in [5, 5.41) is 5.25. The van der Waals surface area contributed by atoms with Crippen LogP contribution in [0.5, 0.6) is 0 Å². The maximum atomic E-state index is 11.1. The fraction of sp³-hybridized carbons (Fsp3) is 0. The summed E-state index contributed by atoms with van der Waals surface area (Å²) in [5.74, 6) is 0. The molecule has 0 bridgehead atoms. The van der Waals surface area contributed by atoms with Crippen molar-refractivity contribution in [3.8, 4) is 11.1 Å². The van der Waals surface area contributed by atoms with Crippen molar-refractivity contribution in [3.63, 3.8) is 0 Å². The van der Waals surface area contributed by atoms with Crippen molar-refractivity contribution in [2.24, 2.45) is 5.18 Å². The molecule has 0 aliphatic heterocycles. The molecule has 0 saturated heterocycles. The normalized spacial score (nSPS) is 10.6. The summed E-state index contributed by atoms with van der Waals surface area (Å²) in [6.07, 6.45) is 0. The van der Waals surface area contributed by atoms with E-state index in [1.54, 1.807) is 0 Å². The van der Waals surface area contributed by atoms with Gasteiger partial charge in [-0.3, -0.25) is 0 Å². The lowest BCUT2D eigenvalue weighted by Crippen LogP contribution is -1.81. The first kappa shape index (κ1) is 12.1. The Kier molecular flexibility index (Phi) is 3.13. The third-order valence-electron chi connectivity index (χ3n) is 3.10. The van der Waals surface area contributed by atoms with Gasteiger partial charge in [0.1, 0.15) is 5.69 Å². The van der Waals surface area contributed by atoms with Gasteiger partial charge in [0.15, 0.2) is 0 Å². The first-order chi connectivity index (χ1) is 9.28. The minimum atomic E-state index is 0.473. The third-order valence-corrected chi connectivity index (χ3v) is 3.59. The number of nitrogens with zero attached hydrogens (tertiary/aromatic N) is 1. The second kappa shape index (κ2) is 4.94. The number of hydrogen-bond acceptors (Lipinski definition) is 2. The molecule has 92 valence electrons. The molecule has 0 saturated carbocycles. The summed E-state index contributed by atoms with van der Waals surface area (Å²) >= 11 is 3.46. The monoisotopic (exact) mass is 311 g/mol. The molecule has 3 rings (SSSR count). The van der Waals surface area contributed by atoms with Gasteiger partial charge in [0.2, 0.25) is 0 Å². The molecule has 0 spiro atoms. The van der Waals surface area contributed by atoms with Crippen LogP contribution in [0.15, 0.2) is 70.3 Å². The first-order valence-corrected chi connectivity index (χ1v) is 6.69. The minimum Gasteiger partial charge on any atom is -0.145 e. The van der Waals surface area contributed by atoms with Crippen LogP contribution >= 0.6 is 15.9 Å². The number of benzene rings is 3. The Bertz CT molecular complexity index is 753. The summed E-state index contributed by atoms with van der Waals surface area (Å²) in [7, 11) is 0. The van der Waals surface area contributed by atoms with E-state index in [0.717, 1.165) is 26.4 Å². The smallest absolute Gasteiger partial charge is 0.116 e. The molecule has 3 aromatic rings. The van der Waals surface area contributed by atoms with Gasteiger partial charge in [-0.05, 0) is 45.8 Å². The molecule has 0 aliphatic carbocycles. The van der Waals surface area contributed by atoms with Crippen molar-refractivity contribution in [2.45, 2.75) is 0 Å². The van der Waals surface area contributed by atoms with E-state index in [2.05, 4.69) is 21.1 Å². The lowest BCUT2D eigenvalue weighted by Gasteiger charge is -2.07. The van der Waals surface area contributed by atoms with Crippen molar-refractivity contribution < 1.29 is 0 Å². The van der Waals surface area contributed by atoms with Crippen LogP contribution in [0, 0.1) is 4.91 Å². The second-order valence-electron chi connectivity index (χ2n) is 4.32. The van der Waals surface area contributed by atoms with Gasteiger partial charge in [0.05, 0.1) is 0 Å². The van der Waals surface area contributed by atoms with Gasteiger partial charge in [-0.2, -0.15) is 0 Å². The highest BCUT2D eigenvalue weighted by molar-refractivity contribution is 9.10. The topological polar surface area (TPSA) is 29.4 Å². The number of halogens is 1. The minimum absolute atomic E-state index is 0.473. The molecular formula is C16H10BrNO. The Morgan fingerprint density at radius 2 is 1.63 bits per heavy atom. The molecule has 0 heterocycles. The lowest BCUT2D eigenvalue weighted by atomic mass is 9.99. The van der Waals surface area contributed by atoms with Crippen LogP contribution < -0.4 is 0 Å². The van der Waals surface area contributed by atoms with E-state index in [0.29, 0.717) is 5.69 Å². The molecule has 3 heteroatoms. The highest BCUT2D eigenvalue weighted by Gasteiger charge is 2.08. The molecular weight excluding hydrogens is 302 g/mol. The molecule has 0 aliphatic rings. The number of hydrogen-bond donors (Lipinski definition) is 0. The highest BCUT2D eigenvalue weighted by Crippen LogP contribution is 2.35. The Balaban J connectivity index is 2.31. The van der Waals surface area contributed by atoms with Crippen LogP contribution in [0.1, 0.15) is 0 Å². The predicted octanol–water partition coefficient (Wildman–Crippen LogP) is 5.67. The third kappa shape index (κ3) is 2.29. The molecule has 0 aromatic heterocycles. The second-order valence-corrected chi connectivity index (χ2v) is 5.23. The van der Waals surface area contributed by atoms with Crippen LogP contribution in [0.25, 0.3) is 21.9 Å². The maximum Gasteiger partial charge on any atom is 0.116 e. The molecule has 2 nitrogen and oxygen atoms in total. The van der Waals surface area contributed by atoms with E-state index in [-0.39, 0.29) is 0 Å². The molecule has 0 N–H and O–H groups in total. The quantitative estimate of drug-likeness (QED) is 0.561. The van der Waals surface area contributed by atoms with Crippen molar-refractivity contribution in [1.82, 2.24) is 0 Å². The van der Waals surface area contributed by atoms with Gasteiger partial charge in [0.25, 0.3) is 0 Å². The Labute approximate surface area is 119 Å². The zero-order chi connectivity index (χ0) is 13.2. The largest absolute Gasteiger partial charge is 0.145 e. The molecule has 0 amide bonds. The van der Waals surface area contributed by atoms with E-state index in [4.69, 9.17) is 0 Å². The molecule has 0 radical (unpaired) electrons. The molecule has 19 heavy (non-hydrogen) atoms. The average molecular weight is 312 g/mol. The zero-order valence-electron chi connectivity index (χ0n) is 10.0. The summed E-state index contributed by atoms with van der Waals surface area (Å²) < 4.78 is 1.02. The van der Waals surface area contributed by atoms with Gasteiger partial charge < -0.3 is 0 Å². The first-order valence-electron chi connectivity index (χ1n) is 5.90. The van der Waals surface area contributed by atoms with Crippen LogP contribution in [0.3, 0.4) is 0 Å². The van der Waals surface area contributed by atoms with Crippen molar-refractivity contribution >= 4 is 32.4 Å². The van der Waals surface area contributed by atoms with E-state index in [1.807, 2.05) is 60.7 Å². The number of fused-ring (bicyclic) bond motifs is 1. The molecule has 3 aromatic carbocycles. The van der Waals surface area contributed by atoms with Gasteiger partial charge in [-0.25, -0.2) is 0 Å². The van der Waals surface area contributed by atoms with Crippen LogP contribution in [0.4, 0.5) is 5.69 Å². The average Bonchev–Trinajstić information content (AvgIpc) is 2.46. The summed E-state index contributed by atoms with van der Waals surface area (Å²) in [6.45, 7) is 0. The number of rotatable bonds is 2. The fourth-order valence-corrected chi connectivity index (χ4v) is 2.56. The van der Waals surface area contributed by atoms with Crippen LogP contribution in [-0.4, -0.2) is 0 Å². The van der Waals surface area contributed by atoms with Crippen molar-refractivity contribution in [1.29, 1.82) is 0 Å². The maximum absolute atomic E-state index is 11.1. The zero-order valence-corrected chi connectivity index (χ0v) is 11.6. The van der Waals surface area contributed by atoms with Gasteiger partial charge in [-0.15, -0.1) is 4.91 Å². The molecule has 0 fully saturated rings. The summed E-state index contributed by atoms with van der Waals surface area (Å²) in [6, 6.07) is 19.6. The van der Waals surface area contributed by atoms with Gasteiger partial charge in [0, 0.05) is 10.0 Å². The van der Waals surface area contributed by atoms with E-state index < -0.39 is 0 Å². The Morgan fingerprint density at radius 3 is 2.37 bits per heavy atom. The molecule has 0 atom stereocenters. The van der Waals surface area contributed by atoms with Crippen molar-refractivity contribution in [3.05, 3.63) is 70.0 Å². The Morgan fingerprint density at radius 1 is 0.842 bits per heavy atom. The van der Waals surface area contributed by atoms with Gasteiger partial charge >= 0.3 is 0 Å². The number of nitroso groups, excluding NO2 is 1. The lowest BCUT2D eigenvalue weighted by molar-refractivity contribution is 1.50. The van der Waals surface area contributed by atoms with E-state index >= 15 is 0 Å². The SMILES string of the molecule is O=Nc1cc2ccc(Br)cc2cc1-c1ccccc1.